The van der Waals surface area contributed by atoms with Crippen LogP contribution in [0.1, 0.15) is 5.69 Å². The van der Waals surface area contributed by atoms with Crippen LogP contribution in [0, 0.1) is 9.39 Å². The molecule has 1 heterocycles. The molecule has 1 aromatic carbocycles. The zero-order valence-electron chi connectivity index (χ0n) is 9.75. The third kappa shape index (κ3) is 3.16. The summed E-state index contributed by atoms with van der Waals surface area (Å²) in [4.78, 5) is 8.35. The Labute approximate surface area is 133 Å². The highest BCUT2D eigenvalue weighted by molar-refractivity contribution is 14.1. The molecule has 0 N–H and O–H groups in total. The molecule has 2 rings (SSSR count). The molecule has 0 fully saturated rings. The van der Waals surface area contributed by atoms with Crippen molar-refractivity contribution in [1.82, 2.24) is 9.97 Å². The number of hydrogen-bond acceptors (Lipinski definition) is 3. The Balaban J connectivity index is 2.59. The highest BCUT2D eigenvalue weighted by atomic mass is 127. The normalized spacial score (nSPS) is 10.8. The molecule has 2 aromatic rings. The topological polar surface area (TPSA) is 35.0 Å². The Morgan fingerprint density at radius 2 is 2.05 bits per heavy atom. The van der Waals surface area contributed by atoms with Crippen LogP contribution in [0.3, 0.4) is 0 Å². The van der Waals surface area contributed by atoms with E-state index in [9.17, 15) is 4.39 Å². The number of ether oxygens (including phenoxy) is 1. The SMILES string of the molecule is COCc1nc(-c2cccc(Cl)c2F)nc(Cl)c1I. The zero-order valence-corrected chi connectivity index (χ0v) is 13.4. The van der Waals surface area contributed by atoms with Crippen LogP contribution in [-0.2, 0) is 11.3 Å². The van der Waals surface area contributed by atoms with Gasteiger partial charge in [0.15, 0.2) is 11.6 Å². The maximum Gasteiger partial charge on any atom is 0.164 e. The second-order valence-corrected chi connectivity index (χ2v) is 5.48. The lowest BCUT2D eigenvalue weighted by atomic mass is 10.2. The van der Waals surface area contributed by atoms with Crippen molar-refractivity contribution >= 4 is 45.8 Å². The largest absolute Gasteiger partial charge is 0.378 e. The van der Waals surface area contributed by atoms with Gasteiger partial charge >= 0.3 is 0 Å². The van der Waals surface area contributed by atoms with Gasteiger partial charge in [-0.05, 0) is 34.7 Å². The average Bonchev–Trinajstić information content (AvgIpc) is 2.38. The number of methoxy groups -OCH3 is 1. The molecule has 3 nitrogen and oxygen atoms in total. The minimum atomic E-state index is -0.565. The van der Waals surface area contributed by atoms with Crippen molar-refractivity contribution in [3.8, 4) is 11.4 Å². The van der Waals surface area contributed by atoms with Crippen molar-refractivity contribution in [3.63, 3.8) is 0 Å². The van der Waals surface area contributed by atoms with E-state index in [0.717, 1.165) is 0 Å². The summed E-state index contributed by atoms with van der Waals surface area (Å²) in [5.74, 6) is -0.373. The molecule has 0 aliphatic heterocycles. The van der Waals surface area contributed by atoms with Gasteiger partial charge in [-0.2, -0.15) is 0 Å². The van der Waals surface area contributed by atoms with E-state index in [2.05, 4.69) is 9.97 Å². The van der Waals surface area contributed by atoms with Crippen LogP contribution in [0.4, 0.5) is 4.39 Å². The van der Waals surface area contributed by atoms with Crippen LogP contribution < -0.4 is 0 Å². The van der Waals surface area contributed by atoms with Crippen LogP contribution in [0.25, 0.3) is 11.4 Å². The van der Waals surface area contributed by atoms with Gasteiger partial charge in [0, 0.05) is 7.11 Å². The number of rotatable bonds is 3. The minimum absolute atomic E-state index is 0.0177. The standard InChI is InChI=1S/C12H8Cl2FIN2O/c1-19-5-8-10(16)11(14)18-12(17-8)6-3-2-4-7(13)9(6)15/h2-4H,5H2,1H3. The summed E-state index contributed by atoms with van der Waals surface area (Å²) in [5.41, 5.74) is 0.820. The lowest BCUT2D eigenvalue weighted by Crippen LogP contribution is -2.03. The first kappa shape index (κ1) is 14.9. The molecule has 0 aliphatic rings. The number of aromatic nitrogens is 2. The second kappa shape index (κ2) is 6.30. The first-order chi connectivity index (χ1) is 9.04. The van der Waals surface area contributed by atoms with E-state index >= 15 is 0 Å². The molecule has 0 atom stereocenters. The van der Waals surface area contributed by atoms with E-state index in [0.29, 0.717) is 9.26 Å². The maximum absolute atomic E-state index is 13.9. The molecule has 0 bridgehead atoms. The van der Waals surface area contributed by atoms with Crippen LogP contribution >= 0.6 is 45.8 Å². The van der Waals surface area contributed by atoms with Crippen molar-refractivity contribution in [3.05, 3.63) is 43.5 Å². The predicted molar refractivity (Wildman–Crippen MR) is 80.9 cm³/mol. The minimum Gasteiger partial charge on any atom is -0.378 e. The maximum atomic E-state index is 13.9. The Morgan fingerprint density at radius 3 is 2.74 bits per heavy atom. The van der Waals surface area contributed by atoms with Crippen molar-refractivity contribution < 1.29 is 9.13 Å². The highest BCUT2D eigenvalue weighted by Crippen LogP contribution is 2.28. The van der Waals surface area contributed by atoms with Gasteiger partial charge in [-0.3, -0.25) is 0 Å². The summed E-state index contributed by atoms with van der Waals surface area (Å²) in [6.45, 7) is 0.274. The Bertz CT molecular complexity index is 625. The van der Waals surface area contributed by atoms with E-state index in [1.54, 1.807) is 19.2 Å². The van der Waals surface area contributed by atoms with Crippen LogP contribution in [-0.4, -0.2) is 17.1 Å². The summed E-state index contributed by atoms with van der Waals surface area (Å²) in [6, 6.07) is 4.65. The van der Waals surface area contributed by atoms with E-state index in [1.807, 2.05) is 22.6 Å². The number of halogens is 4. The van der Waals surface area contributed by atoms with E-state index in [1.165, 1.54) is 6.07 Å². The monoisotopic (exact) mass is 412 g/mol. The van der Waals surface area contributed by atoms with Crippen molar-refractivity contribution in [2.75, 3.05) is 7.11 Å². The van der Waals surface area contributed by atoms with Crippen LogP contribution in [0.5, 0.6) is 0 Å². The molecular weight excluding hydrogens is 405 g/mol. The Kier molecular flexibility index (Phi) is 4.94. The van der Waals surface area contributed by atoms with Crippen molar-refractivity contribution in [2.45, 2.75) is 6.61 Å². The molecule has 0 radical (unpaired) electrons. The fraction of sp³-hybridized carbons (Fsp3) is 0.167. The van der Waals surface area contributed by atoms with Gasteiger partial charge in [0.05, 0.1) is 26.5 Å². The second-order valence-electron chi connectivity index (χ2n) is 3.63. The molecule has 0 spiro atoms. The Hall–Kier alpha value is -0.500. The first-order valence-electron chi connectivity index (χ1n) is 5.19. The summed E-state index contributed by atoms with van der Waals surface area (Å²) in [7, 11) is 1.55. The lowest BCUT2D eigenvalue weighted by molar-refractivity contribution is 0.181. The summed E-state index contributed by atoms with van der Waals surface area (Å²) < 4.78 is 19.7. The molecular formula is C12H8Cl2FIN2O. The van der Waals surface area contributed by atoms with Crippen LogP contribution in [0.15, 0.2) is 18.2 Å². The van der Waals surface area contributed by atoms with Crippen molar-refractivity contribution in [2.24, 2.45) is 0 Å². The van der Waals surface area contributed by atoms with Gasteiger partial charge in [-0.1, -0.05) is 29.3 Å². The van der Waals surface area contributed by atoms with Gasteiger partial charge in [-0.15, -0.1) is 0 Å². The fourth-order valence-electron chi connectivity index (χ4n) is 1.49. The zero-order chi connectivity index (χ0) is 14.0. The molecule has 1 aromatic heterocycles. The molecule has 0 unspecified atom stereocenters. The third-order valence-corrected chi connectivity index (χ3v) is 4.37. The van der Waals surface area contributed by atoms with E-state index in [-0.39, 0.29) is 28.2 Å². The first-order valence-corrected chi connectivity index (χ1v) is 7.03. The molecule has 0 aliphatic carbocycles. The molecule has 19 heavy (non-hydrogen) atoms. The van der Waals surface area contributed by atoms with Crippen LogP contribution in [0.2, 0.25) is 10.2 Å². The number of hydrogen-bond donors (Lipinski definition) is 0. The van der Waals surface area contributed by atoms with Gasteiger partial charge in [0.2, 0.25) is 0 Å². The average molecular weight is 413 g/mol. The van der Waals surface area contributed by atoms with Gasteiger partial charge in [-0.25, -0.2) is 14.4 Å². The van der Waals surface area contributed by atoms with E-state index < -0.39 is 5.82 Å². The fourth-order valence-corrected chi connectivity index (χ4v) is 2.25. The highest BCUT2D eigenvalue weighted by Gasteiger charge is 2.16. The molecule has 0 saturated carbocycles. The van der Waals surface area contributed by atoms with E-state index in [4.69, 9.17) is 27.9 Å². The molecule has 0 saturated heterocycles. The van der Waals surface area contributed by atoms with Gasteiger partial charge in [0.25, 0.3) is 0 Å². The van der Waals surface area contributed by atoms with Gasteiger partial charge < -0.3 is 4.74 Å². The number of benzene rings is 1. The predicted octanol–water partition coefficient (Wildman–Crippen LogP) is 4.34. The molecule has 100 valence electrons. The summed E-state index contributed by atoms with van der Waals surface area (Å²) in [6.07, 6.45) is 0. The third-order valence-electron chi connectivity index (χ3n) is 2.35. The quantitative estimate of drug-likeness (QED) is 0.555. The van der Waals surface area contributed by atoms with Crippen molar-refractivity contribution in [1.29, 1.82) is 0 Å². The molecule has 7 heteroatoms. The smallest absolute Gasteiger partial charge is 0.164 e. The Morgan fingerprint density at radius 1 is 1.32 bits per heavy atom. The summed E-state index contributed by atoms with van der Waals surface area (Å²) in [5, 5.41) is 0.279. The van der Waals surface area contributed by atoms with Gasteiger partial charge in [0.1, 0.15) is 5.15 Å². The lowest BCUT2D eigenvalue weighted by Gasteiger charge is -2.08. The molecule has 0 amide bonds. The number of nitrogens with zero attached hydrogens (tertiary/aromatic N) is 2. The summed E-state index contributed by atoms with van der Waals surface area (Å²) >= 11 is 13.8.